The zero-order valence-corrected chi connectivity index (χ0v) is 20.5. The highest BCUT2D eigenvalue weighted by Gasteiger charge is 2.39. The lowest BCUT2D eigenvalue weighted by molar-refractivity contribution is 0.424. The third-order valence-corrected chi connectivity index (χ3v) is 8.64. The van der Waals surface area contributed by atoms with Gasteiger partial charge in [-0.1, -0.05) is 57.9 Å². The largest absolute Gasteiger partial charge is 0.378 e. The average Bonchev–Trinajstić information content (AvgIpc) is 3.26. The van der Waals surface area contributed by atoms with Crippen LogP contribution in [0.1, 0.15) is 35.1 Å². The van der Waals surface area contributed by atoms with E-state index < -0.39 is 10.0 Å². The number of hydrogen-bond acceptors (Lipinski definition) is 3. The number of rotatable bonds is 4. The van der Waals surface area contributed by atoms with E-state index in [2.05, 4.69) is 56.3 Å². The Balaban J connectivity index is 1.50. The molecule has 1 heterocycles. The molecule has 3 aromatic rings. The monoisotopic (exact) mass is 528 g/mol. The van der Waals surface area contributed by atoms with Crippen LogP contribution in [0.25, 0.3) is 0 Å². The summed E-state index contributed by atoms with van der Waals surface area (Å²) >= 11 is 9.70. The fraction of sp³-hybridized carbons (Fsp3) is 0.200. The van der Waals surface area contributed by atoms with Gasteiger partial charge in [-0.05, 0) is 78.4 Å². The van der Waals surface area contributed by atoms with Crippen LogP contribution in [0.5, 0.6) is 0 Å². The van der Waals surface area contributed by atoms with Crippen LogP contribution >= 0.6 is 27.5 Å². The van der Waals surface area contributed by atoms with Crippen molar-refractivity contribution in [3.63, 3.8) is 0 Å². The van der Waals surface area contributed by atoms with Gasteiger partial charge >= 0.3 is 0 Å². The predicted molar refractivity (Wildman–Crippen MR) is 134 cm³/mol. The van der Waals surface area contributed by atoms with Crippen molar-refractivity contribution in [1.29, 1.82) is 0 Å². The summed E-state index contributed by atoms with van der Waals surface area (Å²) in [7, 11) is -3.74. The van der Waals surface area contributed by atoms with E-state index in [1.807, 2.05) is 19.1 Å². The molecule has 1 aliphatic carbocycles. The zero-order valence-electron chi connectivity index (χ0n) is 17.3. The average molecular weight is 530 g/mol. The number of halogens is 2. The highest BCUT2D eigenvalue weighted by Crippen LogP contribution is 2.51. The molecule has 1 aliphatic heterocycles. The van der Waals surface area contributed by atoms with Gasteiger partial charge in [-0.25, -0.2) is 8.42 Å². The second-order valence-electron chi connectivity index (χ2n) is 8.31. The molecule has 0 saturated heterocycles. The van der Waals surface area contributed by atoms with E-state index in [1.54, 1.807) is 30.3 Å². The van der Waals surface area contributed by atoms with Crippen LogP contribution in [0, 0.1) is 12.8 Å². The molecule has 0 unspecified atom stereocenters. The fourth-order valence-electron chi connectivity index (χ4n) is 4.72. The van der Waals surface area contributed by atoms with E-state index in [0.717, 1.165) is 27.7 Å². The molecule has 0 fully saturated rings. The molecule has 0 amide bonds. The van der Waals surface area contributed by atoms with Gasteiger partial charge in [0.1, 0.15) is 0 Å². The maximum Gasteiger partial charge on any atom is 0.261 e. The van der Waals surface area contributed by atoms with Gasteiger partial charge in [-0.2, -0.15) is 0 Å². The van der Waals surface area contributed by atoms with Crippen molar-refractivity contribution >= 4 is 48.9 Å². The van der Waals surface area contributed by atoms with Crippen LogP contribution in [0.2, 0.25) is 5.02 Å². The van der Waals surface area contributed by atoms with Crippen molar-refractivity contribution in [3.05, 3.63) is 99.0 Å². The second-order valence-corrected chi connectivity index (χ2v) is 11.3. The first-order chi connectivity index (χ1) is 15.3. The first kappa shape index (κ1) is 21.6. The number of sulfonamides is 1. The van der Waals surface area contributed by atoms with Gasteiger partial charge in [0.25, 0.3) is 10.0 Å². The van der Waals surface area contributed by atoms with Gasteiger partial charge in [0.05, 0.1) is 16.6 Å². The summed E-state index contributed by atoms with van der Waals surface area (Å²) in [5, 5.41) is 4.24. The summed E-state index contributed by atoms with van der Waals surface area (Å²) in [6.07, 6.45) is 5.36. The first-order valence-corrected chi connectivity index (χ1v) is 13.1. The molecule has 32 heavy (non-hydrogen) atoms. The Labute approximate surface area is 201 Å². The predicted octanol–water partition coefficient (Wildman–Crippen LogP) is 7.04. The molecule has 2 N–H and O–H groups in total. The molecule has 2 aliphatic rings. The Kier molecular flexibility index (Phi) is 5.56. The smallest absolute Gasteiger partial charge is 0.261 e. The van der Waals surface area contributed by atoms with Gasteiger partial charge in [-0.3, -0.25) is 4.72 Å². The number of allylic oxidation sites excluding steroid dienone is 2. The van der Waals surface area contributed by atoms with Crippen molar-refractivity contribution in [2.45, 2.75) is 30.2 Å². The van der Waals surface area contributed by atoms with Gasteiger partial charge in [0.2, 0.25) is 0 Å². The van der Waals surface area contributed by atoms with E-state index in [1.165, 1.54) is 5.56 Å². The molecule has 3 atom stereocenters. The molecule has 4 nitrogen and oxygen atoms in total. The van der Waals surface area contributed by atoms with Crippen LogP contribution in [0.4, 0.5) is 11.4 Å². The molecular weight excluding hydrogens is 508 g/mol. The number of anilines is 2. The molecule has 0 spiro atoms. The minimum Gasteiger partial charge on any atom is -0.378 e. The van der Waals surface area contributed by atoms with Gasteiger partial charge < -0.3 is 5.32 Å². The number of benzene rings is 3. The van der Waals surface area contributed by atoms with Crippen LogP contribution in [0.15, 0.2) is 82.2 Å². The molecule has 0 saturated carbocycles. The SMILES string of the molecule is Cc1cc(Cl)ccc1NS(=O)(=O)c1ccc2c(c1)[C@@H]1C=CC[C@H]1[C@H](c1ccccc1Br)N2. The van der Waals surface area contributed by atoms with Crippen molar-refractivity contribution < 1.29 is 8.42 Å². The summed E-state index contributed by atoms with van der Waals surface area (Å²) in [5.41, 5.74) is 4.50. The molecule has 5 rings (SSSR count). The third kappa shape index (κ3) is 3.85. The van der Waals surface area contributed by atoms with Crippen molar-refractivity contribution in [1.82, 2.24) is 0 Å². The summed E-state index contributed by atoms with van der Waals surface area (Å²) in [5.74, 6) is 0.487. The summed E-state index contributed by atoms with van der Waals surface area (Å²) in [6.45, 7) is 1.83. The number of nitrogens with one attached hydrogen (secondary N) is 2. The normalized spacial score (nSPS) is 21.5. The molecule has 0 aromatic heterocycles. The lowest BCUT2D eigenvalue weighted by Gasteiger charge is -2.38. The van der Waals surface area contributed by atoms with Crippen molar-refractivity contribution in [2.24, 2.45) is 5.92 Å². The van der Waals surface area contributed by atoms with E-state index in [4.69, 9.17) is 11.6 Å². The number of fused-ring (bicyclic) bond motifs is 3. The van der Waals surface area contributed by atoms with Crippen molar-refractivity contribution in [3.8, 4) is 0 Å². The van der Waals surface area contributed by atoms with Crippen LogP contribution in [-0.4, -0.2) is 8.42 Å². The minimum absolute atomic E-state index is 0.148. The Morgan fingerprint density at radius 3 is 2.66 bits per heavy atom. The number of hydrogen-bond donors (Lipinski definition) is 2. The molecule has 0 radical (unpaired) electrons. The highest BCUT2D eigenvalue weighted by molar-refractivity contribution is 9.10. The summed E-state index contributed by atoms with van der Waals surface area (Å²) in [6, 6.07) is 18.9. The van der Waals surface area contributed by atoms with Crippen LogP contribution < -0.4 is 10.0 Å². The molecule has 0 bridgehead atoms. The Morgan fingerprint density at radius 1 is 1.06 bits per heavy atom. The standard InChI is InChI=1S/C25H22BrClN2O2S/c1-15-13-16(27)9-11-23(15)29-32(30,31)17-10-12-24-21(14-17)18-6-4-7-19(18)25(28-24)20-5-2-3-8-22(20)26/h2-6,8-14,18-19,25,28-29H,7H2,1H3/t18-,19-,25-/m1/s1. The van der Waals surface area contributed by atoms with E-state index in [0.29, 0.717) is 16.6 Å². The molecular formula is C25H22BrClN2O2S. The van der Waals surface area contributed by atoms with E-state index in [9.17, 15) is 8.42 Å². The van der Waals surface area contributed by atoms with Gasteiger partial charge in [-0.15, -0.1) is 0 Å². The topological polar surface area (TPSA) is 58.2 Å². The molecule has 7 heteroatoms. The Bertz CT molecular complexity index is 1340. The van der Waals surface area contributed by atoms with Crippen LogP contribution in [0.3, 0.4) is 0 Å². The highest BCUT2D eigenvalue weighted by atomic mass is 79.9. The van der Waals surface area contributed by atoms with E-state index >= 15 is 0 Å². The molecule has 3 aromatic carbocycles. The minimum atomic E-state index is -3.74. The lowest BCUT2D eigenvalue weighted by Crippen LogP contribution is -2.29. The second kappa shape index (κ2) is 8.25. The van der Waals surface area contributed by atoms with Gasteiger partial charge in [0.15, 0.2) is 0 Å². The van der Waals surface area contributed by atoms with E-state index in [-0.39, 0.29) is 16.9 Å². The Morgan fingerprint density at radius 2 is 1.88 bits per heavy atom. The summed E-state index contributed by atoms with van der Waals surface area (Å²) in [4.78, 5) is 0.255. The number of aryl methyl sites for hydroxylation is 1. The Hall–Kier alpha value is -2.28. The maximum atomic E-state index is 13.2. The maximum absolute atomic E-state index is 13.2. The quantitative estimate of drug-likeness (QED) is 0.356. The summed E-state index contributed by atoms with van der Waals surface area (Å²) < 4.78 is 30.1. The third-order valence-electron chi connectivity index (χ3n) is 6.32. The first-order valence-electron chi connectivity index (χ1n) is 10.4. The zero-order chi connectivity index (χ0) is 22.5. The van der Waals surface area contributed by atoms with Gasteiger partial charge in [0, 0.05) is 21.1 Å². The fourth-order valence-corrected chi connectivity index (χ4v) is 6.64. The molecule has 164 valence electrons. The van der Waals surface area contributed by atoms with Crippen LogP contribution in [-0.2, 0) is 10.0 Å². The van der Waals surface area contributed by atoms with Crippen molar-refractivity contribution in [2.75, 3.05) is 10.0 Å². The lowest BCUT2D eigenvalue weighted by atomic mass is 9.77.